The van der Waals surface area contributed by atoms with E-state index in [4.69, 9.17) is 32.9 Å². The highest BCUT2D eigenvalue weighted by Crippen LogP contribution is 2.49. The molecule has 3 heterocycles. The monoisotopic (exact) mass is 572 g/mol. The number of hydrogen-bond acceptors (Lipinski definition) is 6. The summed E-state index contributed by atoms with van der Waals surface area (Å²) in [6.45, 7) is 1.84. The van der Waals surface area contributed by atoms with E-state index >= 15 is 0 Å². The topological polar surface area (TPSA) is 68.2 Å². The Morgan fingerprint density at radius 2 is 1.89 bits per heavy atom. The number of thioether (sulfide) groups is 1. The number of halogens is 5. The minimum atomic E-state index is -4.81. The normalized spacial score (nSPS) is 24.2. The average Bonchev–Trinajstić information content (AvgIpc) is 3.38. The van der Waals surface area contributed by atoms with Crippen molar-refractivity contribution in [3.63, 3.8) is 0 Å². The maximum absolute atomic E-state index is 14.3. The summed E-state index contributed by atoms with van der Waals surface area (Å²) in [5.41, 5.74) is -1.59. The lowest BCUT2D eigenvalue weighted by atomic mass is 9.86. The van der Waals surface area contributed by atoms with Crippen LogP contribution >= 0.6 is 35.0 Å². The van der Waals surface area contributed by atoms with Crippen LogP contribution in [0, 0.1) is 12.8 Å². The summed E-state index contributed by atoms with van der Waals surface area (Å²) in [5.74, 6) is 0.663. The van der Waals surface area contributed by atoms with Crippen molar-refractivity contribution in [1.82, 2.24) is 5.06 Å². The van der Waals surface area contributed by atoms with Crippen LogP contribution in [-0.2, 0) is 20.1 Å². The number of nitrogens with zero attached hydrogens (tertiary/aromatic N) is 2. The fourth-order valence-electron chi connectivity index (χ4n) is 4.61. The van der Waals surface area contributed by atoms with E-state index in [9.17, 15) is 22.8 Å². The van der Waals surface area contributed by atoms with Crippen LogP contribution in [0.25, 0.3) is 0 Å². The number of alkyl halides is 3. The van der Waals surface area contributed by atoms with Gasteiger partial charge in [-0.1, -0.05) is 40.5 Å². The smallest absolute Gasteiger partial charge is 0.374 e. The number of rotatable bonds is 6. The second kappa shape index (κ2) is 9.80. The molecule has 2 atom stereocenters. The Kier molecular flexibility index (Phi) is 6.97. The number of oxime groups is 1. The Balaban J connectivity index is 1.33. The van der Waals surface area contributed by atoms with Gasteiger partial charge in [0.05, 0.1) is 24.3 Å². The molecule has 0 radical (unpaired) electrons. The lowest BCUT2D eigenvalue weighted by Crippen LogP contribution is -2.45. The van der Waals surface area contributed by atoms with E-state index in [0.717, 1.165) is 23.6 Å². The van der Waals surface area contributed by atoms with Gasteiger partial charge in [-0.3, -0.25) is 14.4 Å². The molecular formula is C25H21Cl2F3N2O4S. The standard InChI is InChI=1S/C25H21Cl2F3N2O4S/c1-13-4-14(2-3-20(13)22(33)5-15-10-35-32(23(15)34)19-11-37-12-19)21-9-24(36-31-21,25(28,29)30)16-6-17(26)8-18(27)7-16/h2-4,6-8,15,19H,5,9-12H2,1H3/t15-,24?/m1/s1. The van der Waals surface area contributed by atoms with Crippen LogP contribution < -0.4 is 0 Å². The first-order valence-corrected chi connectivity index (χ1v) is 13.4. The zero-order valence-electron chi connectivity index (χ0n) is 19.5. The van der Waals surface area contributed by atoms with Crippen molar-refractivity contribution in [2.45, 2.75) is 37.6 Å². The van der Waals surface area contributed by atoms with Crippen LogP contribution in [-0.4, -0.2) is 52.8 Å². The number of benzene rings is 2. The summed E-state index contributed by atoms with van der Waals surface area (Å²) in [6.07, 6.45) is -5.41. The van der Waals surface area contributed by atoms with Gasteiger partial charge in [0.1, 0.15) is 0 Å². The summed E-state index contributed by atoms with van der Waals surface area (Å²) in [7, 11) is 0. The number of carbonyl (C=O) groups is 2. The molecule has 3 aliphatic rings. The minimum Gasteiger partial charge on any atom is -0.374 e. The van der Waals surface area contributed by atoms with E-state index < -0.39 is 24.1 Å². The Hall–Kier alpha value is -2.27. The predicted molar refractivity (Wildman–Crippen MR) is 134 cm³/mol. The SMILES string of the molecule is Cc1cc(C2=NOC(c3cc(Cl)cc(Cl)c3)(C(F)(F)F)C2)ccc1C(=O)C[C@@H]1CON(C2CSC2)C1=O. The maximum Gasteiger partial charge on any atom is 0.435 e. The molecule has 0 aromatic heterocycles. The van der Waals surface area contributed by atoms with Crippen molar-refractivity contribution in [1.29, 1.82) is 0 Å². The summed E-state index contributed by atoms with van der Waals surface area (Å²) in [4.78, 5) is 36.2. The Morgan fingerprint density at radius 1 is 1.19 bits per heavy atom. The lowest BCUT2D eigenvalue weighted by molar-refractivity contribution is -0.275. The van der Waals surface area contributed by atoms with Gasteiger partial charge >= 0.3 is 6.18 Å². The Morgan fingerprint density at radius 3 is 2.49 bits per heavy atom. The maximum atomic E-state index is 14.3. The molecule has 0 bridgehead atoms. The van der Waals surface area contributed by atoms with Crippen molar-refractivity contribution >= 4 is 52.4 Å². The third-order valence-electron chi connectivity index (χ3n) is 6.74. The van der Waals surface area contributed by atoms with Crippen molar-refractivity contribution < 1.29 is 32.4 Å². The molecule has 0 aliphatic carbocycles. The molecule has 196 valence electrons. The van der Waals surface area contributed by atoms with Gasteiger partial charge in [-0.2, -0.15) is 24.9 Å². The third kappa shape index (κ3) is 4.84. The quantitative estimate of drug-likeness (QED) is 0.399. The van der Waals surface area contributed by atoms with Gasteiger partial charge < -0.3 is 4.84 Å². The summed E-state index contributed by atoms with van der Waals surface area (Å²) < 4.78 is 42.8. The number of amides is 1. The van der Waals surface area contributed by atoms with Gasteiger partial charge in [0.2, 0.25) is 0 Å². The molecule has 2 aromatic rings. The highest BCUT2D eigenvalue weighted by molar-refractivity contribution is 8.00. The van der Waals surface area contributed by atoms with Gasteiger partial charge in [-0.15, -0.1) is 0 Å². The van der Waals surface area contributed by atoms with Crippen molar-refractivity contribution in [3.8, 4) is 0 Å². The summed E-state index contributed by atoms with van der Waals surface area (Å²) in [5, 5.41) is 5.25. The predicted octanol–water partition coefficient (Wildman–Crippen LogP) is 5.96. The molecule has 3 aliphatic heterocycles. The molecule has 0 saturated carbocycles. The fraction of sp³-hybridized carbons (Fsp3) is 0.400. The van der Waals surface area contributed by atoms with Crippen LogP contribution in [0.15, 0.2) is 41.6 Å². The number of carbonyl (C=O) groups excluding carboxylic acids is 2. The molecule has 2 fully saturated rings. The molecule has 6 nitrogen and oxygen atoms in total. The fourth-order valence-corrected chi connectivity index (χ4v) is 5.85. The molecular weight excluding hydrogens is 552 g/mol. The minimum absolute atomic E-state index is 0.00779. The van der Waals surface area contributed by atoms with Crippen molar-refractivity contribution in [2.24, 2.45) is 11.1 Å². The highest BCUT2D eigenvalue weighted by Gasteiger charge is 2.62. The zero-order chi connectivity index (χ0) is 26.5. The summed E-state index contributed by atoms with van der Waals surface area (Å²) in [6, 6.07) is 8.38. The van der Waals surface area contributed by atoms with E-state index in [0.29, 0.717) is 16.7 Å². The van der Waals surface area contributed by atoms with E-state index in [1.807, 2.05) is 0 Å². The number of Topliss-reactive ketones (excluding diaryl/α,β-unsaturated/α-hetero) is 1. The van der Waals surface area contributed by atoms with Crippen LogP contribution in [0.2, 0.25) is 10.0 Å². The summed E-state index contributed by atoms with van der Waals surface area (Å²) >= 11 is 13.6. The molecule has 0 N–H and O–H groups in total. The zero-order valence-corrected chi connectivity index (χ0v) is 21.8. The second-order valence-corrected chi connectivity index (χ2v) is 11.2. The first-order chi connectivity index (χ1) is 17.5. The van der Waals surface area contributed by atoms with Crippen LogP contribution in [0.1, 0.15) is 39.9 Å². The third-order valence-corrected chi connectivity index (χ3v) is 8.42. The van der Waals surface area contributed by atoms with E-state index in [1.165, 1.54) is 17.2 Å². The molecule has 12 heteroatoms. The van der Waals surface area contributed by atoms with E-state index in [2.05, 4.69) is 5.16 Å². The second-order valence-electron chi connectivity index (χ2n) is 9.29. The lowest BCUT2D eigenvalue weighted by Gasteiger charge is -2.32. The van der Waals surface area contributed by atoms with Gasteiger partial charge in [0.25, 0.3) is 11.5 Å². The Bertz CT molecular complexity index is 1280. The first-order valence-electron chi connectivity index (χ1n) is 11.4. The van der Waals surface area contributed by atoms with Gasteiger partial charge in [-0.05, 0) is 42.3 Å². The largest absolute Gasteiger partial charge is 0.435 e. The number of hydroxylamine groups is 2. The number of ketones is 1. The molecule has 0 spiro atoms. The van der Waals surface area contributed by atoms with E-state index in [-0.39, 0.29) is 52.1 Å². The van der Waals surface area contributed by atoms with Crippen LogP contribution in [0.4, 0.5) is 13.2 Å². The molecule has 2 aromatic carbocycles. The van der Waals surface area contributed by atoms with Gasteiger partial charge in [0, 0.05) is 45.5 Å². The number of hydrogen-bond donors (Lipinski definition) is 0. The van der Waals surface area contributed by atoms with Crippen LogP contribution in [0.3, 0.4) is 0 Å². The molecule has 37 heavy (non-hydrogen) atoms. The van der Waals surface area contributed by atoms with Crippen molar-refractivity contribution in [2.75, 3.05) is 18.1 Å². The molecule has 2 saturated heterocycles. The average molecular weight is 573 g/mol. The van der Waals surface area contributed by atoms with Gasteiger partial charge in [0.15, 0.2) is 5.78 Å². The van der Waals surface area contributed by atoms with E-state index in [1.54, 1.807) is 30.8 Å². The van der Waals surface area contributed by atoms with Crippen molar-refractivity contribution in [3.05, 3.63) is 68.7 Å². The first kappa shape index (κ1) is 26.3. The molecule has 5 rings (SSSR count). The number of aryl methyl sites for hydroxylation is 1. The molecule has 1 unspecified atom stereocenters. The Labute approximate surface area is 225 Å². The van der Waals surface area contributed by atoms with Crippen LogP contribution in [0.5, 0.6) is 0 Å². The highest BCUT2D eigenvalue weighted by atomic mass is 35.5. The molecule has 1 amide bonds. The van der Waals surface area contributed by atoms with Gasteiger partial charge in [-0.25, -0.2) is 5.06 Å².